The van der Waals surface area contributed by atoms with Gasteiger partial charge in [0.2, 0.25) is 5.91 Å². The fourth-order valence-corrected chi connectivity index (χ4v) is 5.67. The molecule has 1 aliphatic carbocycles. The Morgan fingerprint density at radius 1 is 1.21 bits per heavy atom. The molecule has 3 N–H and O–H groups in total. The number of carbonyl (C=O) groups excluding carboxylic acids is 1. The smallest absolute Gasteiger partial charge is 0.243 e. The van der Waals surface area contributed by atoms with Crippen LogP contribution in [0.4, 0.5) is 10.1 Å². The van der Waals surface area contributed by atoms with Crippen LogP contribution >= 0.6 is 0 Å². The largest absolute Gasteiger partial charge is 0.373 e. The second kappa shape index (κ2) is 7.85. The lowest BCUT2D eigenvalue weighted by atomic mass is 9.89. The summed E-state index contributed by atoms with van der Waals surface area (Å²) in [6, 6.07) is 3.67. The Hall–Kier alpha value is -1.70. The molecule has 1 aromatic rings. The maximum absolute atomic E-state index is 14.1. The predicted octanol–water partition coefficient (Wildman–Crippen LogP) is 1.45. The molecule has 1 saturated carbocycles. The summed E-state index contributed by atoms with van der Waals surface area (Å²) in [6.07, 6.45) is 5.36. The maximum Gasteiger partial charge on any atom is 0.243 e. The highest BCUT2D eigenvalue weighted by molar-refractivity contribution is 5.88. The van der Waals surface area contributed by atoms with Crippen LogP contribution in [0.25, 0.3) is 0 Å². The molecular formula is C22H32FN5O. The molecule has 3 aliphatic heterocycles. The van der Waals surface area contributed by atoms with Crippen molar-refractivity contribution in [2.45, 2.75) is 63.3 Å². The van der Waals surface area contributed by atoms with Crippen LogP contribution in [-0.2, 0) is 11.2 Å². The molecule has 2 saturated heterocycles. The Bertz CT molecular complexity index is 756. The summed E-state index contributed by atoms with van der Waals surface area (Å²) < 4.78 is 14.1. The Labute approximate surface area is 172 Å². The van der Waals surface area contributed by atoms with Crippen molar-refractivity contribution in [2.75, 3.05) is 38.0 Å². The minimum Gasteiger partial charge on any atom is -0.373 e. The first-order valence-corrected chi connectivity index (χ1v) is 11.1. The lowest BCUT2D eigenvalue weighted by Crippen LogP contribution is -2.58. The van der Waals surface area contributed by atoms with Gasteiger partial charge in [0, 0.05) is 62.5 Å². The third kappa shape index (κ3) is 3.76. The highest BCUT2D eigenvalue weighted by atomic mass is 19.1. The van der Waals surface area contributed by atoms with E-state index in [2.05, 4.69) is 25.8 Å². The molecule has 6 nitrogen and oxygen atoms in total. The molecule has 5 rings (SSSR count). The summed E-state index contributed by atoms with van der Waals surface area (Å²) in [5.41, 5.74) is 2.44. The van der Waals surface area contributed by atoms with Gasteiger partial charge in [-0.1, -0.05) is 6.07 Å². The van der Waals surface area contributed by atoms with Crippen molar-refractivity contribution in [3.05, 3.63) is 29.1 Å². The zero-order chi connectivity index (χ0) is 20.0. The van der Waals surface area contributed by atoms with Crippen LogP contribution in [-0.4, -0.2) is 72.7 Å². The SMILES string of the molecule is Cc1ccc(F)c2c1NC(C(=O)N[C@@H]1CCC[C@H](N3CCN4CCNC4C3)C1)C2. The summed E-state index contributed by atoms with van der Waals surface area (Å²) in [6.45, 7) is 7.57. The molecule has 29 heavy (non-hydrogen) atoms. The molecule has 4 atom stereocenters. The number of hydrogen-bond acceptors (Lipinski definition) is 5. The van der Waals surface area contributed by atoms with E-state index in [9.17, 15) is 9.18 Å². The Kier molecular flexibility index (Phi) is 5.22. The van der Waals surface area contributed by atoms with Crippen molar-refractivity contribution < 1.29 is 9.18 Å². The van der Waals surface area contributed by atoms with E-state index in [1.165, 1.54) is 19.0 Å². The number of benzene rings is 1. The molecule has 1 amide bonds. The van der Waals surface area contributed by atoms with E-state index in [0.717, 1.165) is 56.7 Å². The molecule has 4 aliphatic rings. The fourth-order valence-electron chi connectivity index (χ4n) is 5.67. The number of hydrogen-bond donors (Lipinski definition) is 3. The van der Waals surface area contributed by atoms with Crippen molar-refractivity contribution in [3.8, 4) is 0 Å². The molecule has 1 aromatic carbocycles. The van der Waals surface area contributed by atoms with E-state index in [0.29, 0.717) is 24.2 Å². The quantitative estimate of drug-likeness (QED) is 0.716. The third-order valence-electron chi connectivity index (χ3n) is 7.32. The number of nitrogens with one attached hydrogen (secondary N) is 3. The van der Waals surface area contributed by atoms with Gasteiger partial charge in [0.15, 0.2) is 0 Å². The minimum absolute atomic E-state index is 0.00734. The van der Waals surface area contributed by atoms with Gasteiger partial charge in [-0.05, 0) is 44.2 Å². The first kappa shape index (κ1) is 19.3. The molecule has 7 heteroatoms. The van der Waals surface area contributed by atoms with E-state index in [1.54, 1.807) is 6.07 Å². The first-order chi connectivity index (χ1) is 14.1. The van der Waals surface area contributed by atoms with E-state index in [1.807, 2.05) is 6.92 Å². The molecule has 158 valence electrons. The van der Waals surface area contributed by atoms with Crippen molar-refractivity contribution in [1.29, 1.82) is 0 Å². The lowest BCUT2D eigenvalue weighted by molar-refractivity contribution is -0.122. The topological polar surface area (TPSA) is 59.6 Å². The van der Waals surface area contributed by atoms with Gasteiger partial charge in [0.25, 0.3) is 0 Å². The number of amides is 1. The van der Waals surface area contributed by atoms with Gasteiger partial charge < -0.3 is 10.6 Å². The number of fused-ring (bicyclic) bond motifs is 2. The number of piperazine rings is 1. The van der Waals surface area contributed by atoms with Gasteiger partial charge in [0.05, 0.1) is 6.17 Å². The summed E-state index contributed by atoms with van der Waals surface area (Å²) in [7, 11) is 0. The number of halogens is 1. The van der Waals surface area contributed by atoms with Crippen molar-refractivity contribution in [2.24, 2.45) is 0 Å². The van der Waals surface area contributed by atoms with E-state index in [4.69, 9.17) is 0 Å². The van der Waals surface area contributed by atoms with Crippen LogP contribution in [0.1, 0.15) is 36.8 Å². The van der Waals surface area contributed by atoms with Gasteiger partial charge in [-0.25, -0.2) is 4.39 Å². The van der Waals surface area contributed by atoms with Crippen molar-refractivity contribution >= 4 is 11.6 Å². The van der Waals surface area contributed by atoms with Crippen LogP contribution in [0.2, 0.25) is 0 Å². The van der Waals surface area contributed by atoms with Gasteiger partial charge in [-0.15, -0.1) is 0 Å². The highest BCUT2D eigenvalue weighted by Crippen LogP contribution is 2.32. The second-order valence-corrected chi connectivity index (χ2v) is 9.15. The van der Waals surface area contributed by atoms with Crippen LogP contribution in [0.3, 0.4) is 0 Å². The van der Waals surface area contributed by atoms with Gasteiger partial charge in [0.1, 0.15) is 11.9 Å². The number of rotatable bonds is 3. The standard InChI is InChI=1S/C22H32FN5O/c1-14-5-6-18(23)17-12-19(26-21(14)17)22(29)25-15-3-2-4-16(11-15)28-10-9-27-8-7-24-20(27)13-28/h5-6,15-16,19-20,24,26H,2-4,7-13H2,1H3,(H,25,29)/t15-,16+,19?,20?/m1/s1. The molecule has 0 radical (unpaired) electrons. The molecule has 3 heterocycles. The molecule has 0 spiro atoms. The summed E-state index contributed by atoms with van der Waals surface area (Å²) in [5.74, 6) is -0.210. The van der Waals surface area contributed by atoms with E-state index in [-0.39, 0.29) is 23.8 Å². The zero-order valence-electron chi connectivity index (χ0n) is 17.2. The minimum atomic E-state index is -0.368. The summed E-state index contributed by atoms with van der Waals surface area (Å²) >= 11 is 0. The van der Waals surface area contributed by atoms with Crippen LogP contribution in [0.15, 0.2) is 12.1 Å². The maximum atomic E-state index is 14.1. The average molecular weight is 402 g/mol. The molecular weight excluding hydrogens is 369 g/mol. The normalized spacial score (nSPS) is 32.5. The lowest BCUT2D eigenvalue weighted by Gasteiger charge is -2.44. The van der Waals surface area contributed by atoms with E-state index < -0.39 is 0 Å². The molecule has 0 bridgehead atoms. The zero-order valence-corrected chi connectivity index (χ0v) is 17.2. The predicted molar refractivity (Wildman–Crippen MR) is 111 cm³/mol. The van der Waals surface area contributed by atoms with Crippen LogP contribution < -0.4 is 16.0 Å². The number of aryl methyl sites for hydroxylation is 1. The fraction of sp³-hybridized carbons (Fsp3) is 0.682. The second-order valence-electron chi connectivity index (χ2n) is 9.15. The van der Waals surface area contributed by atoms with Crippen molar-refractivity contribution in [1.82, 2.24) is 20.4 Å². The Morgan fingerprint density at radius 3 is 2.93 bits per heavy atom. The highest BCUT2D eigenvalue weighted by Gasteiger charge is 2.36. The molecule has 3 fully saturated rings. The van der Waals surface area contributed by atoms with Gasteiger partial charge >= 0.3 is 0 Å². The van der Waals surface area contributed by atoms with Crippen molar-refractivity contribution in [3.63, 3.8) is 0 Å². The number of carbonyl (C=O) groups is 1. The molecule has 0 aromatic heterocycles. The molecule has 2 unspecified atom stereocenters. The third-order valence-corrected chi connectivity index (χ3v) is 7.32. The summed E-state index contributed by atoms with van der Waals surface area (Å²) in [5, 5.41) is 10.1. The van der Waals surface area contributed by atoms with Gasteiger partial charge in [-0.2, -0.15) is 0 Å². The average Bonchev–Trinajstić information content (AvgIpc) is 3.38. The van der Waals surface area contributed by atoms with Crippen LogP contribution in [0, 0.1) is 12.7 Å². The first-order valence-electron chi connectivity index (χ1n) is 11.1. The van der Waals surface area contributed by atoms with Gasteiger partial charge in [-0.3, -0.25) is 19.9 Å². The van der Waals surface area contributed by atoms with E-state index >= 15 is 0 Å². The monoisotopic (exact) mass is 401 g/mol. The Balaban J connectivity index is 1.17. The number of nitrogens with zero attached hydrogens (tertiary/aromatic N) is 2. The van der Waals surface area contributed by atoms with Crippen LogP contribution in [0.5, 0.6) is 0 Å². The number of anilines is 1. The summed E-state index contributed by atoms with van der Waals surface area (Å²) in [4.78, 5) is 18.1. The Morgan fingerprint density at radius 2 is 2.07 bits per heavy atom.